The Bertz CT molecular complexity index is 4550. The number of aliphatic carboxylic acids is 3. The minimum absolute atomic E-state index is 0.0151. The Labute approximate surface area is 655 Å². The number of aliphatic hydroxyl groups excluding tert-OH is 1. The normalized spacial score (nSPS) is 30.2. The van der Waals surface area contributed by atoms with Gasteiger partial charge in [0.2, 0.25) is 18.0 Å². The number of hydrogen-bond acceptors (Lipinski definition) is 19. The third-order valence-electron chi connectivity index (χ3n) is 27.7. The fourth-order valence-electron chi connectivity index (χ4n) is 23.4. The summed E-state index contributed by atoms with van der Waals surface area (Å²) < 4.78 is 5.56. The summed E-state index contributed by atoms with van der Waals surface area (Å²) in [6.07, 6.45) is 45.4. The Hall–Kier alpha value is -8.26. The number of rotatable bonds is 18. The van der Waals surface area contributed by atoms with Gasteiger partial charge in [-0.2, -0.15) is 0 Å². The third-order valence-corrected chi connectivity index (χ3v) is 27.7. The number of oxime groups is 3. The van der Waals surface area contributed by atoms with Crippen LogP contribution in [-0.2, 0) is 28.9 Å². The SMILES string of the molecule is C/C(=N\OCC(=O)O)c1nc2ccccc2n(C2C[C@H]3CCC[C@@H](C2)N3C2CCCCCCCCC2)c1=O.CO/N=C(\C(=O)O)c1nc2ccccc2n(C2C[C@H]3CC[C@@H](C2)N3C2C[C@H]3CCCC[C@@H](C2)C3)c1=O.O=C(O)/C(=N\OCCO)c1nc2ccccc2n(C2C[C@H]3CC[C@@H](C2)N3C2C[C@H]3CCCC[C@@H](C2)C3)c1=O. The van der Waals surface area contributed by atoms with Crippen LogP contribution in [0.15, 0.2) is 103 Å². The maximum Gasteiger partial charge on any atom is 0.360 e. The van der Waals surface area contributed by atoms with Crippen molar-refractivity contribution in [2.75, 3.05) is 26.9 Å². The molecule has 0 radical (unpaired) electrons. The molecular formula is C87H116N12O13. The maximum atomic E-state index is 13.9. The highest BCUT2D eigenvalue weighted by atomic mass is 16.6. The largest absolute Gasteiger partial charge is 0.479 e. The van der Waals surface area contributed by atoms with Crippen LogP contribution in [0.3, 0.4) is 0 Å². The van der Waals surface area contributed by atoms with Crippen molar-refractivity contribution in [3.8, 4) is 0 Å². The number of aromatic nitrogens is 6. The van der Waals surface area contributed by atoms with Gasteiger partial charge in [-0.05, 0) is 195 Å². The van der Waals surface area contributed by atoms with E-state index in [1.807, 2.05) is 75.9 Å². The number of carboxylic acids is 3. The minimum Gasteiger partial charge on any atom is -0.479 e. The minimum atomic E-state index is -1.39. The van der Waals surface area contributed by atoms with Gasteiger partial charge in [0.15, 0.2) is 17.1 Å². The number of fused-ring (bicyclic) bond motifs is 13. The lowest BCUT2D eigenvalue weighted by atomic mass is 9.76. The molecule has 25 heteroatoms. The number of carbonyl (C=O) groups is 3. The van der Waals surface area contributed by atoms with Gasteiger partial charge in [-0.15, -0.1) is 0 Å². The van der Waals surface area contributed by atoms with Crippen molar-refractivity contribution < 1.29 is 49.3 Å². The Morgan fingerprint density at radius 1 is 0.384 bits per heavy atom. The Balaban J connectivity index is 0.000000133. The number of aliphatic hydroxyl groups is 1. The molecular weight excluding hydrogens is 1420 g/mol. The topological polar surface area (TPSA) is 311 Å². The molecule has 4 N–H and O–H groups in total. The molecule has 0 amide bonds. The van der Waals surface area contributed by atoms with E-state index in [-0.39, 0.29) is 54.0 Å². The first-order valence-electron chi connectivity index (χ1n) is 42.7. The molecule has 11 fully saturated rings. The van der Waals surface area contributed by atoms with Crippen molar-refractivity contribution in [2.45, 2.75) is 311 Å². The highest BCUT2D eigenvalue weighted by Gasteiger charge is 2.50. The highest BCUT2D eigenvalue weighted by molar-refractivity contribution is 6.42. The van der Waals surface area contributed by atoms with Crippen molar-refractivity contribution in [3.63, 3.8) is 0 Å². The van der Waals surface area contributed by atoms with Gasteiger partial charge in [-0.1, -0.05) is 155 Å². The standard InChI is InChI=1S/C30H42N4O4.C29H38N4O5.C28H36N4O4/c1-21(32-38-20-28(35)36)29-30(37)34(27-17-10-9-16-26(27)31-29)25-18-23-14-11-15-24(19-25)33(23)22-12-7-5-3-2-4-6-8-13-22;34-11-12-38-31-27(29(36)37)26-28(35)33(25-8-4-3-7-24(25)30-26)23-16-20-9-10-21(17-23)32(20)22-14-18-5-1-2-6-19(13-18)15-22;1-36-30-26(28(34)35)25-27(33)32(24-9-5-4-8-23(24)29-25)22-15-19-10-11-20(16-22)31(19)21-13-17-6-2-3-7-18(12-17)14-21/h9-10,16-17,22-25H,2-8,11-15,18-20H2,1H3,(H,35,36);3-4,7-8,18-23,34H,1-2,5-6,9-17H2,(H,36,37);4-5,8-9,17-22H,2-3,6-7,10-16H2,1H3,(H,34,35)/b32-21+;31-27-;30-26-/t23-,24+,25?;18-,19+,20-,21+,22?,23?;17-,18+,19-,20+,21?,22?. The van der Waals surface area contributed by atoms with Crippen LogP contribution < -0.4 is 16.7 Å². The van der Waals surface area contributed by atoms with E-state index in [9.17, 15) is 39.0 Å². The fourth-order valence-corrected chi connectivity index (χ4v) is 23.4. The molecule has 15 atom stereocenters. The van der Waals surface area contributed by atoms with E-state index >= 15 is 0 Å². The van der Waals surface area contributed by atoms with E-state index in [0.29, 0.717) is 71.1 Å². The first-order chi connectivity index (χ1) is 54.6. The van der Waals surface area contributed by atoms with Crippen molar-refractivity contribution in [1.82, 2.24) is 43.4 Å². The summed E-state index contributed by atoms with van der Waals surface area (Å²) in [4.78, 5) is 113. The summed E-state index contributed by atoms with van der Waals surface area (Å²) in [7, 11) is 1.28. The summed E-state index contributed by atoms with van der Waals surface area (Å²) in [5, 5.41) is 48.6. The lowest BCUT2D eigenvalue weighted by molar-refractivity contribution is -0.142. The van der Waals surface area contributed by atoms with E-state index in [1.54, 1.807) is 17.6 Å². The summed E-state index contributed by atoms with van der Waals surface area (Å²) in [5.74, 6) is -0.308. The number of hydrogen-bond donors (Lipinski definition) is 4. The third kappa shape index (κ3) is 17.2. The zero-order valence-electron chi connectivity index (χ0n) is 65.6. The molecule has 112 heavy (non-hydrogen) atoms. The number of carboxylic acid groups (broad SMARTS) is 3. The lowest BCUT2D eigenvalue weighted by Gasteiger charge is -2.53. The van der Waals surface area contributed by atoms with Gasteiger partial charge >= 0.3 is 17.9 Å². The van der Waals surface area contributed by atoms with Gasteiger partial charge in [0.1, 0.15) is 19.4 Å². The molecule has 0 spiro atoms. The average Bonchev–Trinajstić information content (AvgIpc) is 1.47. The average molecular weight is 1540 g/mol. The smallest absolute Gasteiger partial charge is 0.360 e. The molecule has 602 valence electrons. The predicted molar refractivity (Wildman–Crippen MR) is 429 cm³/mol. The van der Waals surface area contributed by atoms with Gasteiger partial charge in [0.05, 0.1) is 39.7 Å². The van der Waals surface area contributed by atoms with Crippen molar-refractivity contribution >= 4 is 68.1 Å². The molecule has 25 nitrogen and oxygen atoms in total. The van der Waals surface area contributed by atoms with E-state index in [4.69, 9.17) is 24.7 Å². The van der Waals surface area contributed by atoms with E-state index in [1.165, 1.54) is 187 Å². The van der Waals surface area contributed by atoms with Gasteiger partial charge in [-0.3, -0.25) is 29.1 Å². The van der Waals surface area contributed by atoms with Crippen LogP contribution in [0.25, 0.3) is 33.1 Å². The van der Waals surface area contributed by atoms with Crippen LogP contribution in [0.4, 0.5) is 0 Å². The second kappa shape index (κ2) is 36.1. The number of benzene rings is 3. The van der Waals surface area contributed by atoms with Crippen LogP contribution in [0, 0.1) is 23.7 Å². The quantitative estimate of drug-likeness (QED) is 0.0353. The van der Waals surface area contributed by atoms with Gasteiger partial charge < -0.3 is 48.6 Å². The number of nitrogens with zero attached hydrogens (tertiary/aromatic N) is 12. The summed E-state index contributed by atoms with van der Waals surface area (Å²) in [6.45, 7) is 0.627. The van der Waals surface area contributed by atoms with Crippen LogP contribution >= 0.6 is 0 Å². The zero-order valence-corrected chi connectivity index (χ0v) is 65.6. The molecule has 17 rings (SSSR count). The van der Waals surface area contributed by atoms with Crippen molar-refractivity contribution in [3.05, 3.63) is 121 Å². The van der Waals surface area contributed by atoms with Gasteiger partial charge in [0, 0.05) is 72.5 Å². The molecule has 3 aromatic heterocycles. The molecule has 5 saturated carbocycles. The summed E-state index contributed by atoms with van der Waals surface area (Å²) >= 11 is 0. The molecule has 6 aromatic rings. The van der Waals surface area contributed by atoms with Crippen LogP contribution in [0.1, 0.15) is 273 Å². The molecule has 9 heterocycles. The van der Waals surface area contributed by atoms with E-state index in [0.717, 1.165) is 97.1 Å². The van der Waals surface area contributed by atoms with Crippen molar-refractivity contribution in [2.24, 2.45) is 39.1 Å². The molecule has 11 aliphatic rings. The van der Waals surface area contributed by atoms with Gasteiger partial charge in [-0.25, -0.2) is 29.3 Å². The monoisotopic (exact) mass is 1540 g/mol. The number of piperidine rings is 4. The molecule has 10 bridgehead atoms. The molecule has 5 unspecified atom stereocenters. The van der Waals surface area contributed by atoms with Crippen molar-refractivity contribution in [1.29, 1.82) is 0 Å². The van der Waals surface area contributed by atoms with Gasteiger partial charge in [0.25, 0.3) is 16.7 Å². The van der Waals surface area contributed by atoms with Crippen LogP contribution in [0.2, 0.25) is 0 Å². The Kier molecular flexibility index (Phi) is 25.4. The Morgan fingerprint density at radius 2 is 0.723 bits per heavy atom. The second-order valence-corrected chi connectivity index (χ2v) is 34.6. The van der Waals surface area contributed by atoms with E-state index < -0.39 is 47.1 Å². The number of para-hydroxylation sites is 6. The predicted octanol–water partition coefficient (Wildman–Crippen LogP) is 13.8. The molecule has 6 saturated heterocycles. The van der Waals surface area contributed by atoms with Crippen LogP contribution in [0.5, 0.6) is 0 Å². The Morgan fingerprint density at radius 3 is 1.11 bits per heavy atom. The first kappa shape index (κ1) is 79.0. The highest BCUT2D eigenvalue weighted by Crippen LogP contribution is 2.51. The summed E-state index contributed by atoms with van der Waals surface area (Å²) in [5.41, 5.74) is 2.40. The van der Waals surface area contributed by atoms with E-state index in [2.05, 4.69) is 45.1 Å². The van der Waals surface area contributed by atoms with Crippen LogP contribution in [-0.4, -0.2) is 180 Å². The second-order valence-electron chi connectivity index (χ2n) is 34.6. The molecule has 6 aliphatic heterocycles. The maximum absolute atomic E-state index is 13.9. The molecule has 5 aliphatic carbocycles. The summed E-state index contributed by atoms with van der Waals surface area (Å²) in [6, 6.07) is 27.7. The fraction of sp³-hybridized carbons (Fsp3) is 0.655. The zero-order chi connectivity index (χ0) is 77.5. The molecule has 3 aromatic carbocycles. The first-order valence-corrected chi connectivity index (χ1v) is 42.7. The lowest BCUT2D eigenvalue weighted by Crippen LogP contribution is -2.57.